The fourth-order valence-electron chi connectivity index (χ4n) is 2.59. The number of aromatic nitrogens is 1. The summed E-state index contributed by atoms with van der Waals surface area (Å²) < 4.78 is 21.0. The van der Waals surface area contributed by atoms with Gasteiger partial charge in [-0.3, -0.25) is 10.1 Å². The third-order valence-electron chi connectivity index (χ3n) is 3.93. The van der Waals surface area contributed by atoms with Crippen LogP contribution in [-0.4, -0.2) is 52.5 Å². The molecular formula is C23H37N3O8S. The van der Waals surface area contributed by atoms with E-state index < -0.39 is 47.0 Å². The summed E-state index contributed by atoms with van der Waals surface area (Å²) in [6, 6.07) is -1.27. The number of hydrogen-bond acceptors (Lipinski definition) is 10. The second-order valence-corrected chi connectivity index (χ2v) is 11.1. The number of esters is 2. The normalized spacial score (nSPS) is 12.8. The Morgan fingerprint density at radius 3 is 2.09 bits per heavy atom. The van der Waals surface area contributed by atoms with Crippen LogP contribution in [0.15, 0.2) is 5.38 Å². The Kier molecular flexibility index (Phi) is 10.5. The van der Waals surface area contributed by atoms with E-state index in [4.69, 9.17) is 18.9 Å². The van der Waals surface area contributed by atoms with E-state index in [9.17, 15) is 19.2 Å². The predicted octanol–water partition coefficient (Wildman–Crippen LogP) is 4.72. The maximum absolute atomic E-state index is 12.6. The van der Waals surface area contributed by atoms with Gasteiger partial charge in [0.1, 0.15) is 16.8 Å². The lowest BCUT2D eigenvalue weighted by Gasteiger charge is -2.27. The van der Waals surface area contributed by atoms with E-state index in [1.165, 1.54) is 5.38 Å². The van der Waals surface area contributed by atoms with Gasteiger partial charge in [-0.2, -0.15) is 0 Å². The highest BCUT2D eigenvalue weighted by Crippen LogP contribution is 2.24. The highest BCUT2D eigenvalue weighted by molar-refractivity contribution is 7.13. The van der Waals surface area contributed by atoms with Gasteiger partial charge in [-0.15, -0.1) is 11.3 Å². The average molecular weight is 516 g/mol. The number of ether oxygens (including phenoxy) is 4. The summed E-state index contributed by atoms with van der Waals surface area (Å²) in [5.74, 6) is -1.16. The van der Waals surface area contributed by atoms with Gasteiger partial charge in [0.15, 0.2) is 11.2 Å². The second-order valence-electron chi connectivity index (χ2n) is 10.3. The van der Waals surface area contributed by atoms with Crippen LogP contribution in [0.4, 0.5) is 14.7 Å². The van der Waals surface area contributed by atoms with Crippen LogP contribution in [0.2, 0.25) is 0 Å². The van der Waals surface area contributed by atoms with Crippen molar-refractivity contribution < 1.29 is 38.1 Å². The van der Waals surface area contributed by atoms with E-state index in [0.29, 0.717) is 0 Å². The molecule has 11 nitrogen and oxygen atoms in total. The van der Waals surface area contributed by atoms with Crippen molar-refractivity contribution in [2.24, 2.45) is 0 Å². The first-order valence-corrected chi connectivity index (χ1v) is 12.1. The molecule has 0 aliphatic rings. The molecule has 0 radical (unpaired) electrons. The number of anilines is 1. The molecule has 0 aliphatic heterocycles. The van der Waals surface area contributed by atoms with Crippen LogP contribution in [0.25, 0.3) is 0 Å². The van der Waals surface area contributed by atoms with Crippen molar-refractivity contribution in [1.82, 2.24) is 10.3 Å². The van der Waals surface area contributed by atoms with E-state index >= 15 is 0 Å². The van der Waals surface area contributed by atoms with Crippen molar-refractivity contribution in [3.8, 4) is 0 Å². The highest BCUT2D eigenvalue weighted by atomic mass is 32.1. The van der Waals surface area contributed by atoms with Gasteiger partial charge in [-0.1, -0.05) is 0 Å². The van der Waals surface area contributed by atoms with Crippen molar-refractivity contribution in [1.29, 1.82) is 0 Å². The van der Waals surface area contributed by atoms with Crippen molar-refractivity contribution in [3.63, 3.8) is 0 Å². The third-order valence-corrected chi connectivity index (χ3v) is 4.71. The number of rotatable bonds is 9. The van der Waals surface area contributed by atoms with Gasteiger partial charge in [-0.05, 0) is 68.7 Å². The molecule has 12 heteroatoms. The van der Waals surface area contributed by atoms with Crippen LogP contribution in [0, 0.1) is 0 Å². The molecule has 35 heavy (non-hydrogen) atoms. The monoisotopic (exact) mass is 515 g/mol. The number of carbonyl (C=O) groups is 4. The van der Waals surface area contributed by atoms with Gasteiger partial charge in [0.05, 0.1) is 12.3 Å². The van der Waals surface area contributed by atoms with Gasteiger partial charge < -0.3 is 24.3 Å². The van der Waals surface area contributed by atoms with Crippen LogP contribution in [-0.2, 0) is 28.5 Å². The summed E-state index contributed by atoms with van der Waals surface area (Å²) in [7, 11) is 0. The molecule has 1 rings (SSSR count). The lowest BCUT2D eigenvalue weighted by molar-refractivity contribution is -0.156. The topological polar surface area (TPSA) is 142 Å². The standard InChI is InChI=1S/C23H37N3O8S/c1-10-31-17(28)16(14-13-35-18(24-14)26-20(30)33-22(5,6)7)25-19(29)34-23(8,9)12-11-15(27)32-21(2,3)4/h13,16H,10-12H2,1-9H3,(H,25,29)(H,24,26,30). The molecule has 0 saturated carbocycles. The summed E-state index contributed by atoms with van der Waals surface area (Å²) in [6.45, 7) is 15.5. The van der Waals surface area contributed by atoms with Crippen LogP contribution in [0.3, 0.4) is 0 Å². The minimum absolute atomic E-state index is 0.0463. The smallest absolute Gasteiger partial charge is 0.413 e. The van der Waals surface area contributed by atoms with Gasteiger partial charge in [-0.25, -0.2) is 19.4 Å². The lowest BCUT2D eigenvalue weighted by atomic mass is 10.0. The van der Waals surface area contributed by atoms with Crippen LogP contribution in [0.5, 0.6) is 0 Å². The van der Waals surface area contributed by atoms with Crippen molar-refractivity contribution >= 4 is 40.6 Å². The van der Waals surface area contributed by atoms with Gasteiger partial charge in [0.25, 0.3) is 0 Å². The Balaban J connectivity index is 2.84. The fourth-order valence-corrected chi connectivity index (χ4v) is 3.31. The number of nitrogens with zero attached hydrogens (tertiary/aromatic N) is 1. The lowest BCUT2D eigenvalue weighted by Crippen LogP contribution is -2.40. The minimum atomic E-state index is -1.27. The molecule has 0 aliphatic carbocycles. The summed E-state index contributed by atoms with van der Waals surface area (Å²) in [4.78, 5) is 53.3. The molecule has 2 N–H and O–H groups in total. The van der Waals surface area contributed by atoms with Crippen LogP contribution in [0.1, 0.15) is 86.9 Å². The van der Waals surface area contributed by atoms with Crippen LogP contribution >= 0.6 is 11.3 Å². The Hall–Kier alpha value is -2.89. The molecule has 1 aromatic heterocycles. The quantitative estimate of drug-likeness (QED) is 0.353. The first-order chi connectivity index (χ1) is 15.9. The first-order valence-electron chi connectivity index (χ1n) is 11.2. The second kappa shape index (κ2) is 12.2. The molecule has 0 saturated heterocycles. The zero-order chi connectivity index (χ0) is 27.0. The maximum Gasteiger partial charge on any atom is 0.413 e. The van der Waals surface area contributed by atoms with E-state index in [2.05, 4.69) is 15.6 Å². The van der Waals surface area contributed by atoms with Crippen molar-refractivity contribution in [2.45, 2.75) is 98.0 Å². The molecule has 1 heterocycles. The molecule has 0 aromatic carbocycles. The summed E-state index contributed by atoms with van der Waals surface area (Å²) in [5, 5.41) is 6.62. The molecule has 2 amide bonds. The molecule has 0 bridgehead atoms. The van der Waals surface area contributed by atoms with Gasteiger partial charge >= 0.3 is 24.1 Å². The Bertz CT molecular complexity index is 899. The molecule has 198 valence electrons. The summed E-state index contributed by atoms with van der Waals surface area (Å²) >= 11 is 1.05. The van der Waals surface area contributed by atoms with Crippen molar-refractivity contribution in [2.75, 3.05) is 11.9 Å². The van der Waals surface area contributed by atoms with Crippen molar-refractivity contribution in [3.05, 3.63) is 11.1 Å². The van der Waals surface area contributed by atoms with E-state index in [-0.39, 0.29) is 30.3 Å². The maximum atomic E-state index is 12.6. The average Bonchev–Trinajstić information content (AvgIpc) is 3.09. The minimum Gasteiger partial charge on any atom is -0.464 e. The molecule has 1 unspecified atom stereocenters. The van der Waals surface area contributed by atoms with Gasteiger partial charge in [0, 0.05) is 11.8 Å². The molecule has 1 aromatic rings. The van der Waals surface area contributed by atoms with Gasteiger partial charge in [0.2, 0.25) is 0 Å². The van der Waals surface area contributed by atoms with Crippen LogP contribution < -0.4 is 10.6 Å². The number of amides is 2. The first kappa shape index (κ1) is 30.1. The van der Waals surface area contributed by atoms with E-state index in [0.717, 1.165) is 11.3 Å². The number of nitrogens with one attached hydrogen (secondary N) is 2. The number of hydrogen-bond donors (Lipinski definition) is 2. The number of thiazole rings is 1. The largest absolute Gasteiger partial charge is 0.464 e. The fraction of sp³-hybridized carbons (Fsp3) is 0.696. The van der Waals surface area contributed by atoms with E-state index in [1.54, 1.807) is 62.3 Å². The molecule has 1 atom stereocenters. The molecular weight excluding hydrogens is 478 g/mol. The predicted molar refractivity (Wildman–Crippen MR) is 130 cm³/mol. The number of carbonyl (C=O) groups excluding carboxylic acids is 4. The number of alkyl carbamates (subject to hydrolysis) is 1. The SMILES string of the molecule is CCOC(=O)C(NC(=O)OC(C)(C)CCC(=O)OC(C)(C)C)c1csc(NC(=O)OC(C)(C)C)n1. The van der Waals surface area contributed by atoms with E-state index in [1.807, 2.05) is 0 Å². The highest BCUT2D eigenvalue weighted by Gasteiger charge is 2.31. The molecule has 0 spiro atoms. The Labute approximate surface area is 210 Å². The Morgan fingerprint density at radius 1 is 0.943 bits per heavy atom. The third kappa shape index (κ3) is 12.4. The summed E-state index contributed by atoms with van der Waals surface area (Å²) in [5.41, 5.74) is -2.18. The Morgan fingerprint density at radius 2 is 1.54 bits per heavy atom. The zero-order valence-electron chi connectivity index (χ0n) is 21.9. The zero-order valence-corrected chi connectivity index (χ0v) is 22.7. The molecule has 0 fully saturated rings. The summed E-state index contributed by atoms with van der Waals surface area (Å²) in [6.07, 6.45) is -1.35.